The highest BCUT2D eigenvalue weighted by Crippen LogP contribution is 2.31. The van der Waals surface area contributed by atoms with Gasteiger partial charge in [-0.05, 0) is 26.3 Å². The molecule has 17 heavy (non-hydrogen) atoms. The van der Waals surface area contributed by atoms with E-state index in [0.29, 0.717) is 0 Å². The highest BCUT2D eigenvalue weighted by molar-refractivity contribution is 7.07. The predicted molar refractivity (Wildman–Crippen MR) is 71.1 cm³/mol. The molecule has 0 aliphatic rings. The van der Waals surface area contributed by atoms with Crippen molar-refractivity contribution in [2.45, 2.75) is 32.5 Å². The van der Waals surface area contributed by atoms with E-state index in [-0.39, 0.29) is 11.7 Å². The third-order valence-corrected chi connectivity index (χ3v) is 3.38. The lowest BCUT2D eigenvalue weighted by atomic mass is 10.0. The number of benzene rings is 1. The Balaban J connectivity index is 2.11. The summed E-state index contributed by atoms with van der Waals surface area (Å²) in [6.45, 7) is 6.19. The Labute approximate surface area is 106 Å². The van der Waals surface area contributed by atoms with Crippen molar-refractivity contribution in [1.82, 2.24) is 4.98 Å². The van der Waals surface area contributed by atoms with Gasteiger partial charge >= 0.3 is 0 Å². The van der Waals surface area contributed by atoms with E-state index in [1.165, 1.54) is 5.56 Å². The monoisotopic (exact) mass is 247 g/mol. The van der Waals surface area contributed by atoms with E-state index in [2.05, 4.69) is 37.9 Å². The molecule has 3 heteroatoms. The van der Waals surface area contributed by atoms with Gasteiger partial charge in [-0.2, -0.15) is 0 Å². The molecule has 1 unspecified atom stereocenters. The van der Waals surface area contributed by atoms with Crippen molar-refractivity contribution in [2.24, 2.45) is 0 Å². The van der Waals surface area contributed by atoms with Gasteiger partial charge in [-0.15, -0.1) is 11.3 Å². The van der Waals surface area contributed by atoms with Crippen LogP contribution in [0.1, 0.15) is 38.1 Å². The van der Waals surface area contributed by atoms with Crippen LogP contribution in [0.3, 0.4) is 0 Å². The van der Waals surface area contributed by atoms with Crippen LogP contribution in [-0.4, -0.2) is 4.98 Å². The average molecular weight is 247 g/mol. The lowest BCUT2D eigenvalue weighted by Crippen LogP contribution is -2.23. The van der Waals surface area contributed by atoms with Gasteiger partial charge in [-0.1, -0.05) is 30.3 Å². The number of ether oxygens (including phenoxy) is 1. The molecule has 0 aliphatic heterocycles. The van der Waals surface area contributed by atoms with Crippen LogP contribution in [0.25, 0.3) is 0 Å². The highest BCUT2D eigenvalue weighted by Gasteiger charge is 2.26. The second-order valence-corrected chi connectivity index (χ2v) is 5.27. The van der Waals surface area contributed by atoms with Crippen LogP contribution in [0.5, 0.6) is 0 Å². The fourth-order valence-corrected chi connectivity index (χ4v) is 2.51. The molecule has 2 aromatic rings. The minimum absolute atomic E-state index is 0.0629. The second-order valence-electron chi connectivity index (χ2n) is 4.55. The summed E-state index contributed by atoms with van der Waals surface area (Å²) in [6.07, 6.45) is 0.0629. The van der Waals surface area contributed by atoms with Gasteiger partial charge < -0.3 is 4.74 Å². The summed E-state index contributed by atoms with van der Waals surface area (Å²) in [5, 5.41) is 2.04. The van der Waals surface area contributed by atoms with E-state index in [4.69, 9.17) is 4.74 Å². The Morgan fingerprint density at radius 2 is 1.94 bits per heavy atom. The maximum Gasteiger partial charge on any atom is 0.106 e. The second kappa shape index (κ2) is 4.98. The highest BCUT2D eigenvalue weighted by atomic mass is 32.1. The summed E-state index contributed by atoms with van der Waals surface area (Å²) in [6, 6.07) is 10.3. The van der Waals surface area contributed by atoms with Crippen LogP contribution in [0.15, 0.2) is 41.2 Å². The van der Waals surface area contributed by atoms with Crippen molar-refractivity contribution in [3.05, 3.63) is 52.5 Å². The van der Waals surface area contributed by atoms with Gasteiger partial charge in [0, 0.05) is 5.38 Å². The Morgan fingerprint density at radius 1 is 1.24 bits per heavy atom. The van der Waals surface area contributed by atoms with Gasteiger partial charge in [0.05, 0.1) is 17.3 Å². The van der Waals surface area contributed by atoms with E-state index in [0.717, 1.165) is 5.69 Å². The first-order valence-corrected chi connectivity index (χ1v) is 6.65. The largest absolute Gasteiger partial charge is 0.362 e. The van der Waals surface area contributed by atoms with Crippen LogP contribution >= 0.6 is 11.3 Å². The van der Waals surface area contributed by atoms with Gasteiger partial charge in [-0.3, -0.25) is 0 Å². The fraction of sp³-hybridized carbons (Fsp3) is 0.357. The molecule has 0 bridgehead atoms. The van der Waals surface area contributed by atoms with Gasteiger partial charge in [-0.25, -0.2) is 4.98 Å². The molecule has 1 heterocycles. The molecular formula is C14H17NOS. The standard InChI is InChI=1S/C14H17NOS/c1-11(12-7-5-4-6-8-12)16-14(2,3)13-9-17-10-15-13/h4-11H,1-3H3. The number of rotatable bonds is 4. The molecule has 0 fully saturated rings. The molecule has 0 N–H and O–H groups in total. The minimum atomic E-state index is -0.352. The van der Waals surface area contributed by atoms with Crippen molar-refractivity contribution in [2.75, 3.05) is 0 Å². The Morgan fingerprint density at radius 3 is 2.53 bits per heavy atom. The summed E-state index contributed by atoms with van der Waals surface area (Å²) < 4.78 is 6.11. The first-order chi connectivity index (χ1) is 8.09. The van der Waals surface area contributed by atoms with E-state index >= 15 is 0 Å². The number of nitrogens with zero attached hydrogens (tertiary/aromatic N) is 1. The van der Waals surface area contributed by atoms with Gasteiger partial charge in [0.15, 0.2) is 0 Å². The number of hydrogen-bond acceptors (Lipinski definition) is 3. The molecule has 0 saturated carbocycles. The summed E-state index contributed by atoms with van der Waals surface area (Å²) in [7, 11) is 0. The maximum absolute atomic E-state index is 6.11. The van der Waals surface area contributed by atoms with Crippen LogP contribution in [-0.2, 0) is 10.3 Å². The summed E-state index contributed by atoms with van der Waals surface area (Å²) in [5.41, 5.74) is 3.67. The molecule has 0 spiro atoms. The molecule has 2 nitrogen and oxygen atoms in total. The zero-order chi connectivity index (χ0) is 12.3. The number of aromatic nitrogens is 1. The van der Waals surface area contributed by atoms with E-state index in [9.17, 15) is 0 Å². The third kappa shape index (κ3) is 2.93. The smallest absolute Gasteiger partial charge is 0.106 e. The lowest BCUT2D eigenvalue weighted by Gasteiger charge is -2.28. The van der Waals surface area contributed by atoms with Gasteiger partial charge in [0.25, 0.3) is 0 Å². The summed E-state index contributed by atoms with van der Waals surface area (Å²) in [4.78, 5) is 4.33. The number of hydrogen-bond donors (Lipinski definition) is 0. The van der Waals surface area contributed by atoms with E-state index in [1.54, 1.807) is 11.3 Å². The molecule has 0 amide bonds. The molecule has 0 saturated heterocycles. The van der Waals surface area contributed by atoms with Crippen LogP contribution in [0.4, 0.5) is 0 Å². The van der Waals surface area contributed by atoms with E-state index in [1.807, 2.05) is 29.1 Å². The fourth-order valence-electron chi connectivity index (χ4n) is 1.80. The van der Waals surface area contributed by atoms with Crippen molar-refractivity contribution >= 4 is 11.3 Å². The summed E-state index contributed by atoms with van der Waals surface area (Å²) in [5.74, 6) is 0. The zero-order valence-electron chi connectivity index (χ0n) is 10.4. The molecule has 1 atom stereocenters. The third-order valence-electron chi connectivity index (χ3n) is 2.79. The van der Waals surface area contributed by atoms with Gasteiger partial charge in [0.1, 0.15) is 5.60 Å². The molecule has 90 valence electrons. The number of thiazole rings is 1. The lowest BCUT2D eigenvalue weighted by molar-refractivity contribution is -0.0725. The molecule has 1 aromatic heterocycles. The van der Waals surface area contributed by atoms with Crippen LogP contribution in [0, 0.1) is 0 Å². The molecular weight excluding hydrogens is 230 g/mol. The van der Waals surface area contributed by atoms with Crippen molar-refractivity contribution < 1.29 is 4.74 Å². The van der Waals surface area contributed by atoms with Crippen molar-refractivity contribution in [3.63, 3.8) is 0 Å². The van der Waals surface area contributed by atoms with Crippen molar-refractivity contribution in [3.8, 4) is 0 Å². The molecule has 0 radical (unpaired) electrons. The summed E-state index contributed by atoms with van der Waals surface area (Å²) >= 11 is 1.60. The first-order valence-electron chi connectivity index (χ1n) is 5.71. The van der Waals surface area contributed by atoms with Crippen LogP contribution in [0.2, 0.25) is 0 Å². The quantitative estimate of drug-likeness (QED) is 0.809. The van der Waals surface area contributed by atoms with Gasteiger partial charge in [0.2, 0.25) is 0 Å². The Bertz CT molecular complexity index is 450. The topological polar surface area (TPSA) is 22.1 Å². The normalized spacial score (nSPS) is 13.6. The van der Waals surface area contributed by atoms with E-state index < -0.39 is 0 Å². The first kappa shape index (κ1) is 12.3. The van der Waals surface area contributed by atoms with Crippen LogP contribution < -0.4 is 0 Å². The molecule has 1 aromatic carbocycles. The SMILES string of the molecule is CC(OC(C)(C)c1cscn1)c1ccccc1. The zero-order valence-corrected chi connectivity index (χ0v) is 11.2. The van der Waals surface area contributed by atoms with Crippen molar-refractivity contribution in [1.29, 1.82) is 0 Å². The average Bonchev–Trinajstić information content (AvgIpc) is 2.84. The molecule has 2 rings (SSSR count). The Hall–Kier alpha value is -1.19. The Kier molecular flexibility index (Phi) is 3.60. The minimum Gasteiger partial charge on any atom is -0.362 e. The molecule has 0 aliphatic carbocycles. The predicted octanol–water partition coefficient (Wildman–Crippen LogP) is 4.16. The maximum atomic E-state index is 6.11.